The van der Waals surface area contributed by atoms with Crippen molar-refractivity contribution in [2.75, 3.05) is 13.7 Å². The second kappa shape index (κ2) is 11.4. The van der Waals surface area contributed by atoms with Crippen LogP contribution in [-0.4, -0.2) is 40.9 Å². The number of rotatable bonds is 9. The molecule has 1 N–H and O–H groups in total. The number of amides is 1. The lowest BCUT2D eigenvalue weighted by Gasteiger charge is -2.22. The van der Waals surface area contributed by atoms with Crippen LogP contribution in [0, 0.1) is 0 Å². The van der Waals surface area contributed by atoms with E-state index in [1.807, 2.05) is 0 Å². The summed E-state index contributed by atoms with van der Waals surface area (Å²) in [4.78, 5) is 31.1. The lowest BCUT2D eigenvalue weighted by Crippen LogP contribution is -2.34. The van der Waals surface area contributed by atoms with E-state index in [4.69, 9.17) is 37.3 Å². The van der Waals surface area contributed by atoms with Crippen molar-refractivity contribution < 1.29 is 28.8 Å². The van der Waals surface area contributed by atoms with Crippen molar-refractivity contribution in [3.8, 4) is 34.1 Å². The molecule has 0 saturated carbocycles. The number of hydrogen-bond acceptors (Lipinski definition) is 6. The van der Waals surface area contributed by atoms with Crippen LogP contribution in [0.5, 0.6) is 11.5 Å². The second-order valence-corrected chi connectivity index (χ2v) is 8.72. The number of hydrogen-bond donors (Lipinski definition) is 1. The van der Waals surface area contributed by atoms with E-state index >= 15 is 0 Å². The van der Waals surface area contributed by atoms with E-state index in [2.05, 4.69) is 5.16 Å². The van der Waals surface area contributed by atoms with Gasteiger partial charge in [-0.05, 0) is 48.9 Å². The number of halogens is 2. The van der Waals surface area contributed by atoms with Gasteiger partial charge in [-0.3, -0.25) is 9.59 Å². The van der Waals surface area contributed by atoms with Crippen molar-refractivity contribution >= 4 is 35.1 Å². The number of carbonyl (C=O) groups excluding carboxylic acids is 1. The van der Waals surface area contributed by atoms with E-state index in [9.17, 15) is 14.7 Å². The lowest BCUT2D eigenvalue weighted by atomic mass is 9.99. The molecule has 0 aliphatic heterocycles. The first kappa shape index (κ1) is 26.1. The summed E-state index contributed by atoms with van der Waals surface area (Å²) in [5, 5.41) is 15.2. The third-order valence-electron chi connectivity index (χ3n) is 5.43. The monoisotopic (exact) mass is 540 g/mol. The molecule has 3 aromatic carbocycles. The number of nitrogens with zero attached hydrogens (tertiary/aromatic N) is 2. The van der Waals surface area contributed by atoms with Crippen LogP contribution in [0.1, 0.15) is 22.8 Å². The van der Waals surface area contributed by atoms with Crippen molar-refractivity contribution in [1.82, 2.24) is 10.2 Å². The largest absolute Gasteiger partial charge is 0.496 e. The first-order valence-corrected chi connectivity index (χ1v) is 12.0. The average molecular weight is 541 g/mol. The molecule has 0 aliphatic carbocycles. The molecule has 0 saturated heterocycles. The number of carboxylic acid groups (broad SMARTS) is 1. The second-order valence-electron chi connectivity index (χ2n) is 7.87. The summed E-state index contributed by atoms with van der Waals surface area (Å²) < 4.78 is 11.2. The van der Waals surface area contributed by atoms with Crippen LogP contribution >= 0.6 is 23.2 Å². The highest BCUT2D eigenvalue weighted by atomic mass is 35.5. The standard InChI is InChI=1S/C27H22Cl2N2O6/c1-3-31(37-22-12-11-18(28)15-20(22)29)27(34)24-25(17-8-6-7-16(13-17)14-23(32)33)30-36-26(24)19-9-4-5-10-21(19)35-2/h4-13,15H,3,14H2,1-2H3,(H,32,33). The molecule has 0 radical (unpaired) electrons. The Morgan fingerprint density at radius 2 is 1.81 bits per heavy atom. The van der Waals surface area contributed by atoms with Crippen LogP contribution in [-0.2, 0) is 11.2 Å². The fraction of sp³-hybridized carbons (Fsp3) is 0.148. The zero-order valence-electron chi connectivity index (χ0n) is 19.9. The minimum atomic E-state index is -0.978. The number of carbonyl (C=O) groups is 2. The maximum absolute atomic E-state index is 14.0. The van der Waals surface area contributed by atoms with Crippen LogP contribution in [0.4, 0.5) is 0 Å². The van der Waals surface area contributed by atoms with Crippen LogP contribution in [0.2, 0.25) is 10.0 Å². The van der Waals surface area contributed by atoms with Crippen molar-refractivity contribution in [1.29, 1.82) is 0 Å². The number of aliphatic carboxylic acids is 1. The van der Waals surface area contributed by atoms with Gasteiger partial charge in [0.2, 0.25) is 0 Å². The summed E-state index contributed by atoms with van der Waals surface area (Å²) in [6.07, 6.45) is -0.187. The molecule has 190 valence electrons. The van der Waals surface area contributed by atoms with Crippen LogP contribution < -0.4 is 9.57 Å². The van der Waals surface area contributed by atoms with Crippen molar-refractivity contribution in [3.05, 3.63) is 87.9 Å². The van der Waals surface area contributed by atoms with Crippen LogP contribution in [0.15, 0.2) is 71.3 Å². The van der Waals surface area contributed by atoms with Gasteiger partial charge in [-0.1, -0.05) is 58.7 Å². The first-order valence-electron chi connectivity index (χ1n) is 11.2. The topological polar surface area (TPSA) is 102 Å². The van der Waals surface area contributed by atoms with E-state index in [1.54, 1.807) is 67.6 Å². The Morgan fingerprint density at radius 3 is 2.51 bits per heavy atom. The third-order valence-corrected chi connectivity index (χ3v) is 5.96. The van der Waals surface area contributed by atoms with Gasteiger partial charge in [0.1, 0.15) is 17.0 Å². The SMILES string of the molecule is CCN(Oc1ccc(Cl)cc1Cl)C(=O)c1c(-c2cccc(CC(=O)O)c2)noc1-c1ccccc1OC. The average Bonchev–Trinajstić information content (AvgIpc) is 3.32. The van der Waals surface area contributed by atoms with Crippen molar-refractivity contribution in [3.63, 3.8) is 0 Å². The quantitative estimate of drug-likeness (QED) is 0.245. The predicted octanol–water partition coefficient (Wildman–Crippen LogP) is 6.41. The molecule has 0 atom stereocenters. The van der Waals surface area contributed by atoms with E-state index < -0.39 is 11.9 Å². The van der Waals surface area contributed by atoms with E-state index in [-0.39, 0.29) is 40.8 Å². The third kappa shape index (κ3) is 5.71. The van der Waals surface area contributed by atoms with E-state index in [1.165, 1.54) is 13.2 Å². The normalized spacial score (nSPS) is 10.7. The molecule has 1 heterocycles. The summed E-state index contributed by atoms with van der Waals surface area (Å²) >= 11 is 12.3. The van der Waals surface area contributed by atoms with Gasteiger partial charge in [-0.2, -0.15) is 5.06 Å². The Labute approximate surface area is 222 Å². The number of methoxy groups -OCH3 is 1. The number of aromatic nitrogens is 1. The maximum atomic E-state index is 14.0. The van der Waals surface area contributed by atoms with Crippen molar-refractivity contribution in [2.45, 2.75) is 13.3 Å². The molecule has 10 heteroatoms. The molecule has 1 amide bonds. The predicted molar refractivity (Wildman–Crippen MR) is 139 cm³/mol. The summed E-state index contributed by atoms with van der Waals surface area (Å²) in [6, 6.07) is 18.5. The number of ether oxygens (including phenoxy) is 1. The number of carboxylic acids is 1. The number of para-hydroxylation sites is 1. The molecule has 4 aromatic rings. The fourth-order valence-electron chi connectivity index (χ4n) is 3.75. The Bertz CT molecular complexity index is 1450. The maximum Gasteiger partial charge on any atom is 0.307 e. The van der Waals surface area contributed by atoms with Crippen LogP contribution in [0.3, 0.4) is 0 Å². The minimum Gasteiger partial charge on any atom is -0.496 e. The zero-order chi connectivity index (χ0) is 26.5. The van der Waals surface area contributed by atoms with Gasteiger partial charge < -0.3 is 19.2 Å². The molecule has 37 heavy (non-hydrogen) atoms. The van der Waals surface area contributed by atoms with Crippen molar-refractivity contribution in [2.24, 2.45) is 0 Å². The van der Waals surface area contributed by atoms with E-state index in [0.717, 1.165) is 5.06 Å². The number of hydroxylamine groups is 2. The Morgan fingerprint density at radius 1 is 1.03 bits per heavy atom. The van der Waals surface area contributed by atoms with Gasteiger partial charge in [0, 0.05) is 10.6 Å². The molecule has 0 spiro atoms. The van der Waals surface area contributed by atoms with Gasteiger partial charge >= 0.3 is 5.97 Å². The lowest BCUT2D eigenvalue weighted by molar-refractivity contribution is -0.136. The molecule has 1 aromatic heterocycles. The van der Waals surface area contributed by atoms with Gasteiger partial charge in [0.05, 0.1) is 30.7 Å². The fourth-order valence-corrected chi connectivity index (χ4v) is 4.19. The Hall–Kier alpha value is -4.01. The molecule has 0 aliphatic rings. The van der Waals surface area contributed by atoms with Gasteiger partial charge in [-0.15, -0.1) is 0 Å². The highest BCUT2D eigenvalue weighted by Gasteiger charge is 2.31. The van der Waals surface area contributed by atoms with Gasteiger partial charge in [-0.25, -0.2) is 0 Å². The Kier molecular flexibility index (Phi) is 8.01. The highest BCUT2D eigenvalue weighted by Crippen LogP contribution is 2.38. The molecule has 8 nitrogen and oxygen atoms in total. The summed E-state index contributed by atoms with van der Waals surface area (Å²) in [5.74, 6) is -0.640. The number of benzene rings is 3. The van der Waals surface area contributed by atoms with Gasteiger partial charge in [0.15, 0.2) is 11.5 Å². The first-order chi connectivity index (χ1) is 17.8. The van der Waals surface area contributed by atoms with Gasteiger partial charge in [0.25, 0.3) is 5.91 Å². The molecular weight excluding hydrogens is 519 g/mol. The highest BCUT2D eigenvalue weighted by molar-refractivity contribution is 6.35. The van der Waals surface area contributed by atoms with Crippen LogP contribution in [0.25, 0.3) is 22.6 Å². The smallest absolute Gasteiger partial charge is 0.307 e. The molecule has 4 rings (SSSR count). The summed E-state index contributed by atoms with van der Waals surface area (Å²) in [7, 11) is 1.51. The molecular formula is C27H22Cl2N2O6. The molecule has 0 bridgehead atoms. The zero-order valence-corrected chi connectivity index (χ0v) is 21.4. The molecule has 0 fully saturated rings. The summed E-state index contributed by atoms with van der Waals surface area (Å²) in [6.45, 7) is 1.90. The summed E-state index contributed by atoms with van der Waals surface area (Å²) in [5.41, 5.74) is 1.90. The molecule has 0 unspecified atom stereocenters. The Balaban J connectivity index is 1.85. The minimum absolute atomic E-state index is 0.115. The van der Waals surface area contributed by atoms with E-state index in [0.29, 0.717) is 27.5 Å².